The molecule has 0 radical (unpaired) electrons. The number of hydrogen-bond acceptors (Lipinski definition) is 4. The van der Waals surface area contributed by atoms with Gasteiger partial charge in [-0.1, -0.05) is 11.6 Å². The van der Waals surface area contributed by atoms with Gasteiger partial charge in [0.2, 0.25) is 11.8 Å². The Labute approximate surface area is 127 Å². The molecule has 2 aromatic rings. The fourth-order valence-corrected chi connectivity index (χ4v) is 1.80. The van der Waals surface area contributed by atoms with Crippen molar-refractivity contribution in [3.05, 3.63) is 47.1 Å². The van der Waals surface area contributed by atoms with Gasteiger partial charge in [0.05, 0.1) is 12.3 Å². The van der Waals surface area contributed by atoms with Gasteiger partial charge in [-0.25, -0.2) is 4.98 Å². The van der Waals surface area contributed by atoms with Crippen molar-refractivity contribution in [3.8, 4) is 17.4 Å². The van der Waals surface area contributed by atoms with E-state index in [9.17, 15) is 4.79 Å². The van der Waals surface area contributed by atoms with Crippen LogP contribution in [0.1, 0.15) is 24.2 Å². The van der Waals surface area contributed by atoms with Gasteiger partial charge in [-0.3, -0.25) is 4.79 Å². The molecule has 0 bridgehead atoms. The van der Waals surface area contributed by atoms with Crippen LogP contribution in [0.25, 0.3) is 0 Å². The third-order valence-electron chi connectivity index (χ3n) is 2.50. The summed E-state index contributed by atoms with van der Waals surface area (Å²) < 4.78 is 11.0. The molecule has 0 atom stereocenters. The number of primary amides is 1. The molecule has 2 N–H and O–H groups in total. The summed E-state index contributed by atoms with van der Waals surface area (Å²) >= 11 is 6.08. The van der Waals surface area contributed by atoms with Gasteiger partial charge in [0, 0.05) is 11.6 Å². The minimum Gasteiger partial charge on any atom is -0.474 e. The van der Waals surface area contributed by atoms with Crippen LogP contribution in [0.5, 0.6) is 17.4 Å². The van der Waals surface area contributed by atoms with Crippen LogP contribution in [0.4, 0.5) is 0 Å². The predicted octanol–water partition coefficient (Wildman–Crippen LogP) is 3.41. The number of aromatic nitrogens is 1. The Morgan fingerprint density at radius 3 is 2.43 bits per heavy atom. The normalized spacial score (nSPS) is 10.5. The molecule has 1 amide bonds. The summed E-state index contributed by atoms with van der Waals surface area (Å²) in [7, 11) is 0. The number of halogens is 1. The maximum Gasteiger partial charge on any atom is 0.248 e. The van der Waals surface area contributed by atoms with Crippen LogP contribution in [-0.2, 0) is 0 Å². The largest absolute Gasteiger partial charge is 0.474 e. The van der Waals surface area contributed by atoms with Crippen molar-refractivity contribution >= 4 is 17.5 Å². The highest BCUT2D eigenvalue weighted by Gasteiger charge is 2.08. The minimum atomic E-state index is -0.485. The van der Waals surface area contributed by atoms with E-state index in [1.165, 1.54) is 6.20 Å². The minimum absolute atomic E-state index is 0.0110. The van der Waals surface area contributed by atoms with Gasteiger partial charge < -0.3 is 15.2 Å². The Bertz CT molecular complexity index is 642. The summed E-state index contributed by atoms with van der Waals surface area (Å²) in [6.07, 6.45) is 1.51. The Balaban J connectivity index is 2.12. The van der Waals surface area contributed by atoms with Crippen LogP contribution < -0.4 is 15.2 Å². The van der Waals surface area contributed by atoms with E-state index < -0.39 is 5.91 Å². The number of benzene rings is 1. The summed E-state index contributed by atoms with van der Waals surface area (Å²) in [5, 5.41) is 0.370. The monoisotopic (exact) mass is 306 g/mol. The zero-order chi connectivity index (χ0) is 15.4. The van der Waals surface area contributed by atoms with Gasteiger partial charge in [-0.2, -0.15) is 0 Å². The van der Waals surface area contributed by atoms with Gasteiger partial charge in [-0.15, -0.1) is 0 Å². The number of nitrogens with two attached hydrogens (primary N) is 1. The predicted molar refractivity (Wildman–Crippen MR) is 80.0 cm³/mol. The molecule has 0 saturated carbocycles. The first kappa shape index (κ1) is 15.1. The smallest absolute Gasteiger partial charge is 0.248 e. The lowest BCUT2D eigenvalue weighted by molar-refractivity contribution is 0.100. The molecule has 0 aliphatic rings. The summed E-state index contributed by atoms with van der Waals surface area (Å²) in [4.78, 5) is 15.1. The van der Waals surface area contributed by atoms with E-state index in [1.54, 1.807) is 30.3 Å². The molecule has 0 saturated heterocycles. The van der Waals surface area contributed by atoms with E-state index in [4.69, 9.17) is 26.8 Å². The quantitative estimate of drug-likeness (QED) is 0.918. The molecule has 0 aliphatic heterocycles. The zero-order valence-electron chi connectivity index (χ0n) is 11.7. The number of carbonyl (C=O) groups is 1. The SMILES string of the molecule is CC(C)Oc1ncc(Oc2ccc(C(N)=O)cc2)cc1Cl. The van der Waals surface area contributed by atoms with E-state index in [1.807, 2.05) is 13.8 Å². The van der Waals surface area contributed by atoms with E-state index in [0.29, 0.717) is 28.0 Å². The third kappa shape index (κ3) is 4.10. The fourth-order valence-electron chi connectivity index (χ4n) is 1.60. The molecule has 0 fully saturated rings. The average molecular weight is 307 g/mol. The van der Waals surface area contributed by atoms with E-state index in [0.717, 1.165) is 0 Å². The Morgan fingerprint density at radius 1 is 1.24 bits per heavy atom. The third-order valence-corrected chi connectivity index (χ3v) is 2.77. The van der Waals surface area contributed by atoms with Crippen molar-refractivity contribution in [2.45, 2.75) is 20.0 Å². The summed E-state index contributed by atoms with van der Waals surface area (Å²) in [5.74, 6) is 0.905. The van der Waals surface area contributed by atoms with Gasteiger partial charge in [0.25, 0.3) is 0 Å². The number of amides is 1. The zero-order valence-corrected chi connectivity index (χ0v) is 12.4. The van der Waals surface area contributed by atoms with Gasteiger partial charge in [0.1, 0.15) is 16.5 Å². The second-order valence-electron chi connectivity index (χ2n) is 4.62. The van der Waals surface area contributed by atoms with Crippen LogP contribution in [0.3, 0.4) is 0 Å². The molecular weight excluding hydrogens is 292 g/mol. The van der Waals surface area contributed by atoms with Crippen molar-refractivity contribution in [2.24, 2.45) is 5.73 Å². The van der Waals surface area contributed by atoms with Crippen molar-refractivity contribution in [3.63, 3.8) is 0 Å². The van der Waals surface area contributed by atoms with Crippen molar-refractivity contribution in [1.82, 2.24) is 4.98 Å². The molecule has 5 nitrogen and oxygen atoms in total. The lowest BCUT2D eigenvalue weighted by Gasteiger charge is -2.11. The molecule has 0 aliphatic carbocycles. The summed E-state index contributed by atoms with van der Waals surface area (Å²) in [5.41, 5.74) is 5.59. The summed E-state index contributed by atoms with van der Waals surface area (Å²) in [6.45, 7) is 3.78. The highest BCUT2D eigenvalue weighted by atomic mass is 35.5. The highest BCUT2D eigenvalue weighted by molar-refractivity contribution is 6.31. The number of nitrogens with zero attached hydrogens (tertiary/aromatic N) is 1. The first-order valence-corrected chi connectivity index (χ1v) is 6.73. The second-order valence-corrected chi connectivity index (χ2v) is 5.02. The number of ether oxygens (including phenoxy) is 2. The first-order valence-electron chi connectivity index (χ1n) is 6.35. The number of carbonyl (C=O) groups excluding carboxylic acids is 1. The van der Waals surface area contributed by atoms with Crippen LogP contribution in [0.2, 0.25) is 5.02 Å². The molecule has 6 heteroatoms. The van der Waals surface area contributed by atoms with Crippen LogP contribution in [0, 0.1) is 0 Å². The van der Waals surface area contributed by atoms with Gasteiger partial charge >= 0.3 is 0 Å². The molecule has 1 heterocycles. The molecule has 1 aromatic carbocycles. The van der Waals surface area contributed by atoms with E-state index in [-0.39, 0.29) is 6.10 Å². The molecule has 21 heavy (non-hydrogen) atoms. The highest BCUT2D eigenvalue weighted by Crippen LogP contribution is 2.29. The van der Waals surface area contributed by atoms with Crippen LogP contribution >= 0.6 is 11.6 Å². The molecule has 2 rings (SSSR count). The number of hydrogen-bond donors (Lipinski definition) is 1. The van der Waals surface area contributed by atoms with E-state index in [2.05, 4.69) is 4.98 Å². The van der Waals surface area contributed by atoms with Gasteiger partial charge in [-0.05, 0) is 38.1 Å². The maximum atomic E-state index is 11.0. The standard InChI is InChI=1S/C15H15ClN2O3/c1-9(2)20-15-13(16)7-12(8-18-15)21-11-5-3-10(4-6-11)14(17)19/h3-9H,1-2H3,(H2,17,19). The van der Waals surface area contributed by atoms with Crippen LogP contribution in [-0.4, -0.2) is 17.0 Å². The number of rotatable bonds is 5. The molecule has 1 aromatic heterocycles. The second kappa shape index (κ2) is 6.45. The van der Waals surface area contributed by atoms with Crippen molar-refractivity contribution < 1.29 is 14.3 Å². The summed E-state index contributed by atoms with van der Waals surface area (Å²) in [6, 6.07) is 8.08. The number of pyridine rings is 1. The molecule has 0 spiro atoms. The topological polar surface area (TPSA) is 74.4 Å². The molecular formula is C15H15ClN2O3. The van der Waals surface area contributed by atoms with Crippen molar-refractivity contribution in [2.75, 3.05) is 0 Å². The molecule has 110 valence electrons. The van der Waals surface area contributed by atoms with E-state index >= 15 is 0 Å². The molecule has 0 unspecified atom stereocenters. The fraction of sp³-hybridized carbons (Fsp3) is 0.200. The Morgan fingerprint density at radius 2 is 1.90 bits per heavy atom. The first-order chi connectivity index (χ1) is 9.95. The maximum absolute atomic E-state index is 11.0. The van der Waals surface area contributed by atoms with Crippen molar-refractivity contribution in [1.29, 1.82) is 0 Å². The van der Waals surface area contributed by atoms with Gasteiger partial charge in [0.15, 0.2) is 0 Å². The average Bonchev–Trinajstić information content (AvgIpc) is 2.42. The lowest BCUT2D eigenvalue weighted by Crippen LogP contribution is -2.10. The Kier molecular flexibility index (Phi) is 4.65. The Hall–Kier alpha value is -2.27. The lowest BCUT2D eigenvalue weighted by atomic mass is 10.2. The van der Waals surface area contributed by atoms with Crippen LogP contribution in [0.15, 0.2) is 36.5 Å².